The highest BCUT2D eigenvalue weighted by Crippen LogP contribution is 2.29. The van der Waals surface area contributed by atoms with Crippen LogP contribution in [0.25, 0.3) is 6.08 Å². The third-order valence-electron chi connectivity index (χ3n) is 3.39. The molecular formula is C16H19N3O5S2. The number of aromatic hydroxyl groups is 1. The molecule has 0 atom stereocenters. The predicted molar refractivity (Wildman–Crippen MR) is 102 cm³/mol. The number of phenolic OH excluding ortho intramolecular Hbond substituents is 1. The first-order valence-electron chi connectivity index (χ1n) is 7.34. The molecule has 3 N–H and O–H groups in total. The van der Waals surface area contributed by atoms with E-state index in [-0.39, 0.29) is 22.0 Å². The Bertz CT molecular complexity index is 1010. The van der Waals surface area contributed by atoms with Crippen molar-refractivity contribution in [1.29, 1.82) is 0 Å². The van der Waals surface area contributed by atoms with Crippen molar-refractivity contribution in [2.75, 3.05) is 23.5 Å². The zero-order valence-electron chi connectivity index (χ0n) is 14.2. The monoisotopic (exact) mass is 397 g/mol. The molecule has 0 amide bonds. The van der Waals surface area contributed by atoms with Crippen molar-refractivity contribution >= 4 is 37.7 Å². The van der Waals surface area contributed by atoms with Crippen LogP contribution in [0.2, 0.25) is 0 Å². The van der Waals surface area contributed by atoms with Crippen molar-refractivity contribution in [2.24, 2.45) is 0 Å². The fourth-order valence-corrected chi connectivity index (χ4v) is 3.58. The first kappa shape index (κ1) is 19.8. The average Bonchev–Trinajstić information content (AvgIpc) is 2.57. The lowest BCUT2D eigenvalue weighted by atomic mass is 10.2. The van der Waals surface area contributed by atoms with Gasteiger partial charge in [0.2, 0.25) is 0 Å². The van der Waals surface area contributed by atoms with Crippen LogP contribution in [0.3, 0.4) is 0 Å². The Morgan fingerprint density at radius 1 is 1.00 bits per heavy atom. The highest BCUT2D eigenvalue weighted by atomic mass is 32.2. The van der Waals surface area contributed by atoms with Crippen molar-refractivity contribution < 1.29 is 21.9 Å². The van der Waals surface area contributed by atoms with Crippen molar-refractivity contribution in [3.8, 4) is 5.75 Å². The van der Waals surface area contributed by atoms with Gasteiger partial charge in [0.25, 0.3) is 10.0 Å². The molecule has 0 bridgehead atoms. The van der Waals surface area contributed by atoms with Gasteiger partial charge >= 0.3 is 10.2 Å². The van der Waals surface area contributed by atoms with Crippen LogP contribution >= 0.6 is 0 Å². The van der Waals surface area contributed by atoms with Gasteiger partial charge in [-0.1, -0.05) is 24.8 Å². The standard InChI is InChI=1S/C16H19N3O5S2/c1-4-12-5-8-14(9-6-12)25(21,22)17-13-7-10-16(20)15(11-13)18-26(23,24)19(2)3/h4-11,17-18,20H,1H2,2-3H3. The van der Waals surface area contributed by atoms with E-state index in [1.54, 1.807) is 18.2 Å². The van der Waals surface area contributed by atoms with E-state index in [4.69, 9.17) is 0 Å². The molecule has 0 radical (unpaired) electrons. The van der Waals surface area contributed by atoms with Gasteiger partial charge in [-0.15, -0.1) is 0 Å². The van der Waals surface area contributed by atoms with E-state index >= 15 is 0 Å². The maximum Gasteiger partial charge on any atom is 0.301 e. The van der Waals surface area contributed by atoms with Crippen LogP contribution in [0.1, 0.15) is 5.56 Å². The smallest absolute Gasteiger partial charge is 0.301 e. The molecule has 2 aromatic carbocycles. The number of phenols is 1. The third kappa shape index (κ3) is 4.54. The Morgan fingerprint density at radius 2 is 1.62 bits per heavy atom. The molecule has 0 saturated carbocycles. The molecule has 26 heavy (non-hydrogen) atoms. The Labute approximate surface area is 153 Å². The highest BCUT2D eigenvalue weighted by Gasteiger charge is 2.18. The Hall–Kier alpha value is -2.56. The lowest BCUT2D eigenvalue weighted by Crippen LogP contribution is -2.29. The molecule has 0 fully saturated rings. The van der Waals surface area contributed by atoms with Gasteiger partial charge < -0.3 is 5.11 Å². The van der Waals surface area contributed by atoms with Crippen LogP contribution in [0.5, 0.6) is 5.75 Å². The van der Waals surface area contributed by atoms with Gasteiger partial charge in [0.15, 0.2) is 0 Å². The van der Waals surface area contributed by atoms with Gasteiger partial charge in [0.05, 0.1) is 16.3 Å². The maximum absolute atomic E-state index is 12.4. The van der Waals surface area contributed by atoms with E-state index in [1.165, 1.54) is 44.4 Å². The SMILES string of the molecule is C=Cc1ccc(S(=O)(=O)Nc2ccc(O)c(NS(=O)(=O)N(C)C)c2)cc1. The molecule has 2 rings (SSSR count). The van der Waals surface area contributed by atoms with Gasteiger partial charge in [-0.2, -0.15) is 12.7 Å². The second-order valence-electron chi connectivity index (χ2n) is 5.50. The van der Waals surface area contributed by atoms with Gasteiger partial charge in [-0.25, -0.2) is 8.42 Å². The van der Waals surface area contributed by atoms with Crippen LogP contribution in [-0.4, -0.2) is 40.3 Å². The predicted octanol–water partition coefficient (Wildman–Crippen LogP) is 2.05. The van der Waals surface area contributed by atoms with Crippen LogP contribution in [0.15, 0.2) is 53.9 Å². The van der Waals surface area contributed by atoms with Crippen LogP contribution in [-0.2, 0) is 20.2 Å². The van der Waals surface area contributed by atoms with Gasteiger partial charge in [-0.05, 0) is 35.9 Å². The van der Waals surface area contributed by atoms with Crippen molar-refractivity contribution in [2.45, 2.75) is 4.90 Å². The fourth-order valence-electron chi connectivity index (χ4n) is 1.91. The van der Waals surface area contributed by atoms with Gasteiger partial charge in [0.1, 0.15) is 5.75 Å². The number of benzene rings is 2. The van der Waals surface area contributed by atoms with Gasteiger partial charge in [0, 0.05) is 14.1 Å². The summed E-state index contributed by atoms with van der Waals surface area (Å²) >= 11 is 0. The summed E-state index contributed by atoms with van der Waals surface area (Å²) in [6.45, 7) is 3.60. The maximum atomic E-state index is 12.4. The number of sulfonamides is 1. The van der Waals surface area contributed by atoms with E-state index in [2.05, 4.69) is 16.0 Å². The Kier molecular flexibility index (Phi) is 5.59. The molecule has 0 spiro atoms. The van der Waals surface area contributed by atoms with Crippen molar-refractivity contribution in [3.05, 3.63) is 54.6 Å². The lowest BCUT2D eigenvalue weighted by Gasteiger charge is -2.15. The fraction of sp³-hybridized carbons (Fsp3) is 0.125. The minimum absolute atomic E-state index is 0.0339. The summed E-state index contributed by atoms with van der Waals surface area (Å²) in [5.41, 5.74) is 0.710. The summed E-state index contributed by atoms with van der Waals surface area (Å²) < 4.78 is 54.1. The highest BCUT2D eigenvalue weighted by molar-refractivity contribution is 7.92. The number of rotatable bonds is 7. The zero-order chi connectivity index (χ0) is 19.5. The molecule has 0 aliphatic heterocycles. The molecule has 0 unspecified atom stereocenters. The van der Waals surface area contributed by atoms with Crippen molar-refractivity contribution in [1.82, 2.24) is 4.31 Å². The molecule has 10 heteroatoms. The first-order valence-corrected chi connectivity index (χ1v) is 10.3. The molecule has 8 nitrogen and oxygen atoms in total. The summed E-state index contributed by atoms with van der Waals surface area (Å²) in [5.74, 6) is -0.339. The number of nitrogens with zero attached hydrogens (tertiary/aromatic N) is 1. The van der Waals surface area contributed by atoms with Gasteiger partial charge in [-0.3, -0.25) is 9.44 Å². The topological polar surface area (TPSA) is 116 Å². The van der Waals surface area contributed by atoms with E-state index in [9.17, 15) is 21.9 Å². The quantitative estimate of drug-likeness (QED) is 0.488. The minimum Gasteiger partial charge on any atom is -0.506 e. The summed E-state index contributed by atoms with van der Waals surface area (Å²) in [7, 11) is -5.10. The zero-order valence-corrected chi connectivity index (χ0v) is 15.8. The molecule has 0 aliphatic rings. The molecule has 2 aromatic rings. The lowest BCUT2D eigenvalue weighted by molar-refractivity contribution is 0.477. The average molecular weight is 397 g/mol. The summed E-state index contributed by atoms with van der Waals surface area (Å²) in [5, 5.41) is 9.82. The normalized spacial score (nSPS) is 12.0. The van der Waals surface area contributed by atoms with E-state index in [0.717, 1.165) is 9.87 Å². The Balaban J connectivity index is 2.31. The van der Waals surface area contributed by atoms with Crippen LogP contribution in [0, 0.1) is 0 Å². The van der Waals surface area contributed by atoms with E-state index in [0.29, 0.717) is 0 Å². The summed E-state index contributed by atoms with van der Waals surface area (Å²) in [4.78, 5) is 0.0339. The number of hydrogen-bond acceptors (Lipinski definition) is 5. The number of hydrogen-bond donors (Lipinski definition) is 3. The Morgan fingerprint density at radius 3 is 2.15 bits per heavy atom. The molecule has 0 aliphatic carbocycles. The minimum atomic E-state index is -3.88. The first-order chi connectivity index (χ1) is 12.0. The molecular weight excluding hydrogens is 378 g/mol. The summed E-state index contributed by atoms with van der Waals surface area (Å²) in [6.07, 6.45) is 1.59. The number of anilines is 2. The third-order valence-corrected chi connectivity index (χ3v) is 6.23. The van der Waals surface area contributed by atoms with Crippen LogP contribution in [0.4, 0.5) is 11.4 Å². The molecule has 0 saturated heterocycles. The molecule has 140 valence electrons. The molecule has 0 heterocycles. The van der Waals surface area contributed by atoms with Crippen molar-refractivity contribution in [3.63, 3.8) is 0 Å². The second-order valence-corrected chi connectivity index (χ2v) is 9.07. The molecule has 0 aromatic heterocycles. The number of nitrogens with one attached hydrogen (secondary N) is 2. The van der Waals surface area contributed by atoms with Crippen LogP contribution < -0.4 is 9.44 Å². The van der Waals surface area contributed by atoms with E-state index in [1.807, 2.05) is 0 Å². The second kappa shape index (κ2) is 7.36. The summed E-state index contributed by atoms with van der Waals surface area (Å²) in [6, 6.07) is 9.76. The largest absolute Gasteiger partial charge is 0.506 e. The van der Waals surface area contributed by atoms with E-state index < -0.39 is 20.2 Å².